The average Bonchev–Trinajstić information content (AvgIpc) is 1.41. The molecule has 8 atom stereocenters. The number of aliphatic hydroxyl groups is 3. The van der Waals surface area contributed by atoms with Crippen molar-refractivity contribution < 1.29 is 92.3 Å². The molecule has 2 aliphatic heterocycles. The Labute approximate surface area is 561 Å². The van der Waals surface area contributed by atoms with Gasteiger partial charge in [-0.3, -0.25) is 34.1 Å². The maximum atomic E-state index is 14.0. The first-order valence-corrected chi connectivity index (χ1v) is 33.1. The van der Waals surface area contributed by atoms with Crippen LogP contribution in [0.25, 0.3) is 21.3 Å². The van der Waals surface area contributed by atoms with Crippen LogP contribution in [0, 0.1) is 23.2 Å². The number of pyridine rings is 1. The normalized spacial score (nSPS) is 26.2. The lowest BCUT2D eigenvalue weighted by atomic mass is 9.39. The molecule has 28 heteroatoms. The Morgan fingerprint density at radius 3 is 2.30 bits per heavy atom. The number of benzene rings is 3. The summed E-state index contributed by atoms with van der Waals surface area (Å²) in [5, 5.41) is 65.5. The van der Waals surface area contributed by atoms with E-state index in [9.17, 15) is 59.1 Å². The van der Waals surface area contributed by atoms with Crippen molar-refractivity contribution in [2.75, 3.05) is 58.5 Å². The number of hydrogen-bond donors (Lipinski definition) is 8. The number of aromatic nitrogens is 4. The zero-order chi connectivity index (χ0) is 68.6. The predicted octanol–water partition coefficient (Wildman–Crippen LogP) is 6.25. The minimum absolute atomic E-state index is 0.00612. The number of nitrogens with zero attached hydrogens (tertiary/aromatic N) is 5. The Hall–Kier alpha value is -8.90. The van der Waals surface area contributed by atoms with Crippen molar-refractivity contribution in [2.45, 2.75) is 140 Å². The highest BCUT2D eigenvalue weighted by atomic mass is 32.1. The maximum Gasteiger partial charge on any atom is 0.407 e. The van der Waals surface area contributed by atoms with Crippen LogP contribution >= 0.6 is 11.3 Å². The lowest BCUT2D eigenvalue weighted by Gasteiger charge is -2.69. The fraction of sp³-hybridized carbons (Fsp3) is 0.478. The van der Waals surface area contributed by atoms with Crippen LogP contribution in [0.4, 0.5) is 9.93 Å². The monoisotopic (exact) mass is 1350 g/mol. The molecule has 97 heavy (non-hydrogen) atoms. The van der Waals surface area contributed by atoms with E-state index >= 15 is 0 Å². The van der Waals surface area contributed by atoms with Gasteiger partial charge < -0.3 is 69.3 Å². The zero-order valence-corrected chi connectivity index (χ0v) is 54.9. The van der Waals surface area contributed by atoms with Crippen LogP contribution in [-0.4, -0.2) is 181 Å². The summed E-state index contributed by atoms with van der Waals surface area (Å²) in [6, 6.07) is 19.3. The number of methoxy groups -OCH3 is 1. The molecule has 13 rings (SSSR count). The summed E-state index contributed by atoms with van der Waals surface area (Å²) < 4.78 is 44.0. The van der Waals surface area contributed by atoms with Gasteiger partial charge in [-0.15, -0.1) is 0 Å². The molecule has 27 nitrogen and oxygen atoms in total. The fourth-order valence-electron chi connectivity index (χ4n) is 16.3. The van der Waals surface area contributed by atoms with E-state index in [1.54, 1.807) is 19.4 Å². The van der Waals surface area contributed by atoms with E-state index < -0.39 is 72.1 Å². The summed E-state index contributed by atoms with van der Waals surface area (Å²) in [5.41, 5.74) is 5.12. The number of ether oxygens (including phenoxy) is 7. The van der Waals surface area contributed by atoms with E-state index in [0.717, 1.165) is 82.6 Å². The van der Waals surface area contributed by atoms with Crippen LogP contribution in [0.1, 0.15) is 120 Å². The largest absolute Gasteiger partial charge is 0.496 e. The quantitative estimate of drug-likeness (QED) is 0.0208. The number of rotatable bonds is 27. The summed E-state index contributed by atoms with van der Waals surface area (Å²) in [5.74, 6) is -3.78. The van der Waals surface area contributed by atoms with Crippen LogP contribution in [0.15, 0.2) is 85.1 Å². The van der Waals surface area contributed by atoms with Crippen molar-refractivity contribution >= 4 is 68.3 Å². The number of aromatic carboxylic acids is 1. The van der Waals surface area contributed by atoms with Crippen molar-refractivity contribution in [3.63, 3.8) is 0 Å². The van der Waals surface area contributed by atoms with Crippen LogP contribution in [-0.2, 0) is 64.1 Å². The number of fused-ring (bicyclic) bond motifs is 2. The van der Waals surface area contributed by atoms with E-state index in [0.29, 0.717) is 64.6 Å². The summed E-state index contributed by atoms with van der Waals surface area (Å²) in [6.45, 7) is 7.31. The molecular formula is C69H78N8O19S. The Bertz CT molecular complexity index is 4010. The minimum atomic E-state index is -1.94. The van der Waals surface area contributed by atoms with E-state index in [-0.39, 0.29) is 104 Å². The molecule has 514 valence electrons. The number of amides is 5. The van der Waals surface area contributed by atoms with Crippen molar-refractivity contribution in [3.05, 3.63) is 124 Å². The molecule has 3 aromatic carbocycles. The number of carboxylic acid groups (broad SMARTS) is 2. The maximum absolute atomic E-state index is 14.0. The average molecular weight is 1360 g/mol. The lowest BCUT2D eigenvalue weighted by molar-refractivity contribution is -0.271. The number of para-hydroxylation sites is 1. The number of aliphatic carboxylic acids is 1. The van der Waals surface area contributed by atoms with Crippen LogP contribution in [0.5, 0.6) is 17.2 Å². The summed E-state index contributed by atoms with van der Waals surface area (Å²) in [6.07, 6.45) is 0.915. The standard InChI is InChI=1S/C69H78N8O19S/c1-38-46(43-13-15-47(73-55(43)61(85)86)39-10-12-42-45(27-39)44(14-16-49(42)90-4)60(84)75-64-74-48-7-5-6-8-51(48)97-64)29-72-77(38)37-68-32-66(2)31-67(3,33-68)35-69(34-66,36-68)94-24-21-71-65(89)93-30-40-9-11-41(95-63-58(83)56(81)57(82)59(96-63)62(87)88)28-50(40)92-26-25-91-23-20-70-52(78)19-22-76-53(79)17-18-54(76)80/h5-9,11,13-18,28-29,39,56-59,63,81-83H,10,12,19-27,30-37H2,1-4H3,(H,70,78)(H,71,89)(H,85,86)(H,87,88)(H,74,75,84)/t39?,56-,57-,58+,59-,63+,66?,67?,68?,69?/m0/s1. The number of alkyl carbamates (subject to hydrolysis) is 1. The summed E-state index contributed by atoms with van der Waals surface area (Å²) in [4.78, 5) is 98.7. The number of aliphatic hydroxyl groups excluding tert-OH is 3. The SMILES string of the molecule is COc1ccc(C(=O)Nc2nc3ccccc3s2)c2c1CCC(c1ccc(-c3cnn(CC45CC6(C)CC(C)(C4)CC(OCCNC(=O)OCc4ccc(O[C@@H]7O[C@H](C(=O)O)[C@@H](O)[C@H](O)[C@H]7O)cc4OCCOCCNC(=O)CCN4C(=O)C=CC4=O)(C6)C5)c3C)c(C(=O)O)n1)C2. The van der Waals surface area contributed by atoms with Gasteiger partial charge >= 0.3 is 18.0 Å². The molecule has 0 radical (unpaired) electrons. The van der Waals surface area contributed by atoms with E-state index in [1.165, 1.54) is 29.5 Å². The van der Waals surface area contributed by atoms with Crippen molar-refractivity contribution in [2.24, 2.45) is 16.2 Å². The Balaban J connectivity index is 0.663. The van der Waals surface area contributed by atoms with Gasteiger partial charge in [0.2, 0.25) is 12.2 Å². The molecule has 5 amide bonds. The Morgan fingerprint density at radius 2 is 1.56 bits per heavy atom. The first-order chi connectivity index (χ1) is 46.4. The highest BCUT2D eigenvalue weighted by Crippen LogP contribution is 2.72. The molecule has 5 aliphatic carbocycles. The molecule has 6 aromatic rings. The molecule has 5 heterocycles. The smallest absolute Gasteiger partial charge is 0.407 e. The number of anilines is 1. The molecule has 1 saturated heterocycles. The number of carboxylic acids is 2. The second-order valence-corrected chi connectivity index (χ2v) is 28.0. The molecule has 8 N–H and O–H groups in total. The highest BCUT2D eigenvalue weighted by molar-refractivity contribution is 7.22. The molecule has 4 bridgehead atoms. The first-order valence-electron chi connectivity index (χ1n) is 32.3. The molecule has 3 aromatic heterocycles. The first kappa shape index (κ1) is 68.1. The van der Waals surface area contributed by atoms with Crippen molar-refractivity contribution in [3.8, 4) is 28.4 Å². The van der Waals surface area contributed by atoms with E-state index in [2.05, 4.69) is 34.8 Å². The molecule has 3 unspecified atom stereocenters. The van der Waals surface area contributed by atoms with Gasteiger partial charge in [0.25, 0.3) is 17.7 Å². The van der Waals surface area contributed by atoms with Gasteiger partial charge in [0.1, 0.15) is 48.8 Å². The fourth-order valence-corrected chi connectivity index (χ4v) is 17.2. The molecule has 0 spiro atoms. The van der Waals surface area contributed by atoms with Gasteiger partial charge in [-0.25, -0.2) is 24.4 Å². The van der Waals surface area contributed by atoms with Gasteiger partial charge in [-0.2, -0.15) is 5.10 Å². The van der Waals surface area contributed by atoms with Crippen LogP contribution in [0.3, 0.4) is 0 Å². The summed E-state index contributed by atoms with van der Waals surface area (Å²) in [7, 11) is 1.61. The van der Waals surface area contributed by atoms with Crippen LogP contribution < -0.4 is 30.2 Å². The highest BCUT2D eigenvalue weighted by Gasteiger charge is 2.66. The van der Waals surface area contributed by atoms with Gasteiger partial charge in [0, 0.05) is 90.4 Å². The predicted molar refractivity (Wildman–Crippen MR) is 347 cm³/mol. The number of nitrogens with one attached hydrogen (secondary N) is 3. The van der Waals surface area contributed by atoms with Gasteiger partial charge in [-0.1, -0.05) is 37.3 Å². The third-order valence-corrected chi connectivity index (χ3v) is 20.3. The van der Waals surface area contributed by atoms with Gasteiger partial charge in [-0.05, 0) is 141 Å². The van der Waals surface area contributed by atoms with E-state index in [1.807, 2.05) is 54.1 Å². The summed E-state index contributed by atoms with van der Waals surface area (Å²) >= 11 is 1.40. The Morgan fingerprint density at radius 1 is 0.794 bits per heavy atom. The van der Waals surface area contributed by atoms with Crippen LogP contribution in [0.2, 0.25) is 0 Å². The molecule has 7 aliphatic rings. The third-order valence-electron chi connectivity index (χ3n) is 19.4. The lowest BCUT2D eigenvalue weighted by Crippen LogP contribution is -2.64. The number of hydrogen-bond acceptors (Lipinski definition) is 21. The molecule has 4 saturated carbocycles. The zero-order valence-electron chi connectivity index (χ0n) is 54.1. The second-order valence-electron chi connectivity index (χ2n) is 27.0. The molecular weight excluding hydrogens is 1280 g/mol. The van der Waals surface area contributed by atoms with Gasteiger partial charge in [0.15, 0.2) is 16.9 Å². The van der Waals surface area contributed by atoms with E-state index in [4.69, 9.17) is 43.2 Å². The van der Waals surface area contributed by atoms with Crippen molar-refractivity contribution in [1.82, 2.24) is 35.3 Å². The third kappa shape index (κ3) is 14.7. The topological polar surface area (TPSA) is 368 Å². The number of carbonyl (C=O) groups excluding carboxylic acids is 5. The minimum Gasteiger partial charge on any atom is -0.496 e. The molecule has 5 fully saturated rings. The Kier molecular flexibility index (Phi) is 19.6. The number of thiazole rings is 1. The number of carbonyl (C=O) groups is 7. The van der Waals surface area contributed by atoms with Crippen molar-refractivity contribution in [1.29, 1.82) is 0 Å². The second kappa shape index (κ2) is 27.9. The van der Waals surface area contributed by atoms with Gasteiger partial charge in [0.05, 0.1) is 48.9 Å². The number of imide groups is 1.